The summed E-state index contributed by atoms with van der Waals surface area (Å²) in [5.41, 5.74) is 0.336. The summed E-state index contributed by atoms with van der Waals surface area (Å²) >= 11 is 6.34. The summed E-state index contributed by atoms with van der Waals surface area (Å²) < 4.78 is 56.8. The van der Waals surface area contributed by atoms with Gasteiger partial charge < -0.3 is 9.84 Å². The predicted octanol–water partition coefficient (Wildman–Crippen LogP) is 6.73. The van der Waals surface area contributed by atoms with Crippen LogP contribution in [-0.2, 0) is 11.0 Å². The fourth-order valence-electron chi connectivity index (χ4n) is 3.60. The lowest BCUT2D eigenvalue weighted by molar-refractivity contribution is -0.139. The summed E-state index contributed by atoms with van der Waals surface area (Å²) in [5, 5.41) is 9.83. The van der Waals surface area contributed by atoms with Crippen molar-refractivity contribution in [3.05, 3.63) is 52.5 Å². The molecular weight excluding hydrogens is 424 g/mol. The molecule has 1 atom stereocenters. The molecule has 2 aromatic rings. The minimum Gasteiger partial charge on any atom is -0.489 e. The van der Waals surface area contributed by atoms with Crippen molar-refractivity contribution in [2.75, 3.05) is 13.3 Å². The van der Waals surface area contributed by atoms with Crippen LogP contribution in [0.3, 0.4) is 0 Å². The smallest absolute Gasteiger partial charge is 0.416 e. The van der Waals surface area contributed by atoms with E-state index in [0.717, 1.165) is 31.4 Å². The maximum Gasteiger partial charge on any atom is 0.416 e. The lowest BCUT2D eigenvalue weighted by Gasteiger charge is -2.28. The van der Waals surface area contributed by atoms with Gasteiger partial charge in [0.1, 0.15) is 19.0 Å². The number of rotatable bonds is 8. The molecule has 0 bridgehead atoms. The van der Waals surface area contributed by atoms with E-state index in [-0.39, 0.29) is 17.4 Å². The van der Waals surface area contributed by atoms with E-state index in [1.54, 1.807) is 6.07 Å². The molecule has 1 fully saturated rings. The van der Waals surface area contributed by atoms with Crippen LogP contribution in [-0.4, -0.2) is 24.4 Å². The number of hydrogen-bond acceptors (Lipinski definition) is 2. The van der Waals surface area contributed by atoms with Crippen LogP contribution in [0.2, 0.25) is 5.02 Å². The molecule has 0 radical (unpaired) electrons. The molecule has 1 N–H and O–H groups in total. The van der Waals surface area contributed by atoms with Gasteiger partial charge in [-0.3, -0.25) is 4.79 Å². The number of carbonyl (C=O) groups is 1. The first kappa shape index (κ1) is 22.4. The van der Waals surface area contributed by atoms with E-state index < -0.39 is 30.3 Å². The highest BCUT2D eigenvalue weighted by Crippen LogP contribution is 2.43. The van der Waals surface area contributed by atoms with Crippen LogP contribution < -0.4 is 4.74 Å². The standard InChI is InChI=1S/C22H21ClF4O3/c23-19-12-15(18(21(28)29)10-13-2-1-3-13)11-17(20(19)30-9-8-24)14-4-6-16(7-5-14)22(25,26)27/h4-7,11-13,18H,1-3,8-10H2,(H,28,29). The van der Waals surface area contributed by atoms with Gasteiger partial charge in [0.2, 0.25) is 0 Å². The molecule has 1 unspecified atom stereocenters. The maximum atomic E-state index is 12.9. The lowest BCUT2D eigenvalue weighted by Crippen LogP contribution is -2.20. The number of carboxylic acid groups (broad SMARTS) is 1. The largest absolute Gasteiger partial charge is 0.489 e. The molecule has 162 valence electrons. The molecule has 3 nitrogen and oxygen atoms in total. The number of hydrogen-bond donors (Lipinski definition) is 1. The Hall–Kier alpha value is -2.28. The van der Waals surface area contributed by atoms with E-state index in [0.29, 0.717) is 29.0 Å². The van der Waals surface area contributed by atoms with Crippen molar-refractivity contribution in [1.29, 1.82) is 0 Å². The Kier molecular flexibility index (Phi) is 6.91. The van der Waals surface area contributed by atoms with Crippen molar-refractivity contribution in [1.82, 2.24) is 0 Å². The molecule has 0 amide bonds. The first-order valence-corrected chi connectivity index (χ1v) is 10.0. The molecule has 1 saturated carbocycles. The van der Waals surface area contributed by atoms with Crippen molar-refractivity contribution in [2.45, 2.75) is 37.8 Å². The van der Waals surface area contributed by atoms with Crippen LogP contribution in [0.1, 0.15) is 42.7 Å². The van der Waals surface area contributed by atoms with Crippen molar-refractivity contribution < 1.29 is 32.2 Å². The highest BCUT2D eigenvalue weighted by Gasteiger charge is 2.31. The summed E-state index contributed by atoms with van der Waals surface area (Å²) in [6.45, 7) is -1.05. The zero-order chi connectivity index (χ0) is 21.9. The number of benzene rings is 2. The number of alkyl halides is 4. The van der Waals surface area contributed by atoms with Gasteiger partial charge in [-0.15, -0.1) is 0 Å². The zero-order valence-electron chi connectivity index (χ0n) is 16.0. The third-order valence-electron chi connectivity index (χ3n) is 5.41. The first-order chi connectivity index (χ1) is 14.2. The van der Waals surface area contributed by atoms with Gasteiger partial charge in [0, 0.05) is 5.56 Å². The Morgan fingerprint density at radius 2 is 1.87 bits per heavy atom. The second kappa shape index (κ2) is 9.25. The Labute approximate surface area is 176 Å². The van der Waals surface area contributed by atoms with Gasteiger partial charge in [-0.2, -0.15) is 13.2 Å². The zero-order valence-corrected chi connectivity index (χ0v) is 16.8. The van der Waals surface area contributed by atoms with Crippen LogP contribution in [0, 0.1) is 5.92 Å². The summed E-state index contributed by atoms with van der Waals surface area (Å²) in [6.07, 6.45) is -1.00. The molecule has 8 heteroatoms. The van der Waals surface area contributed by atoms with Gasteiger partial charge in [0.25, 0.3) is 0 Å². The fourth-order valence-corrected chi connectivity index (χ4v) is 3.88. The minimum atomic E-state index is -4.48. The molecule has 0 aromatic heterocycles. The summed E-state index contributed by atoms with van der Waals surface area (Å²) in [4.78, 5) is 11.9. The highest BCUT2D eigenvalue weighted by atomic mass is 35.5. The quantitative estimate of drug-likeness (QED) is 0.459. The van der Waals surface area contributed by atoms with Gasteiger partial charge in [-0.05, 0) is 47.7 Å². The number of halogens is 5. The second-order valence-corrected chi connectivity index (χ2v) is 7.82. The van der Waals surface area contributed by atoms with Gasteiger partial charge in [0.05, 0.1) is 16.5 Å². The van der Waals surface area contributed by atoms with Crippen LogP contribution in [0.4, 0.5) is 17.6 Å². The van der Waals surface area contributed by atoms with Gasteiger partial charge >= 0.3 is 12.1 Å². The van der Waals surface area contributed by atoms with E-state index in [4.69, 9.17) is 16.3 Å². The van der Waals surface area contributed by atoms with Crippen LogP contribution in [0.5, 0.6) is 5.75 Å². The topological polar surface area (TPSA) is 46.5 Å². The van der Waals surface area contributed by atoms with Crippen LogP contribution in [0.25, 0.3) is 11.1 Å². The molecule has 0 saturated heterocycles. The second-order valence-electron chi connectivity index (χ2n) is 7.42. The van der Waals surface area contributed by atoms with Crippen molar-refractivity contribution in [3.63, 3.8) is 0 Å². The lowest BCUT2D eigenvalue weighted by atomic mass is 9.77. The van der Waals surface area contributed by atoms with E-state index in [1.165, 1.54) is 18.2 Å². The van der Waals surface area contributed by atoms with E-state index in [9.17, 15) is 27.5 Å². The number of ether oxygens (including phenoxy) is 1. The summed E-state index contributed by atoms with van der Waals surface area (Å²) in [6, 6.07) is 7.44. The molecular formula is C22H21ClF4O3. The van der Waals surface area contributed by atoms with Crippen LogP contribution >= 0.6 is 11.6 Å². The Morgan fingerprint density at radius 3 is 2.37 bits per heavy atom. The van der Waals surface area contributed by atoms with E-state index >= 15 is 0 Å². The maximum absolute atomic E-state index is 12.9. The Balaban J connectivity index is 2.04. The summed E-state index contributed by atoms with van der Waals surface area (Å²) in [5.74, 6) is -1.35. The minimum absolute atomic E-state index is 0.0932. The highest BCUT2D eigenvalue weighted by molar-refractivity contribution is 6.32. The van der Waals surface area contributed by atoms with Gasteiger partial charge in [0.15, 0.2) is 0 Å². The Morgan fingerprint density at radius 1 is 1.20 bits per heavy atom. The number of aliphatic carboxylic acids is 1. The molecule has 3 rings (SSSR count). The third kappa shape index (κ3) is 5.06. The number of carboxylic acids is 1. The molecule has 0 heterocycles. The van der Waals surface area contributed by atoms with Gasteiger partial charge in [-0.25, -0.2) is 4.39 Å². The fraction of sp³-hybridized carbons (Fsp3) is 0.409. The molecule has 2 aromatic carbocycles. The van der Waals surface area contributed by atoms with Crippen molar-refractivity contribution in [3.8, 4) is 16.9 Å². The van der Waals surface area contributed by atoms with Crippen LogP contribution in [0.15, 0.2) is 36.4 Å². The van der Waals surface area contributed by atoms with E-state index in [2.05, 4.69) is 0 Å². The molecule has 0 spiro atoms. The third-order valence-corrected chi connectivity index (χ3v) is 5.69. The average Bonchev–Trinajstić information content (AvgIpc) is 2.65. The molecule has 1 aliphatic carbocycles. The molecule has 0 aliphatic heterocycles. The van der Waals surface area contributed by atoms with Crippen molar-refractivity contribution >= 4 is 17.6 Å². The SMILES string of the molecule is O=C(O)C(CC1CCC1)c1cc(Cl)c(OCCF)c(-c2ccc(C(F)(F)F)cc2)c1. The summed E-state index contributed by atoms with van der Waals surface area (Å²) in [7, 11) is 0. The molecule has 1 aliphatic rings. The average molecular weight is 445 g/mol. The monoisotopic (exact) mass is 444 g/mol. The van der Waals surface area contributed by atoms with Crippen molar-refractivity contribution in [2.24, 2.45) is 5.92 Å². The Bertz CT molecular complexity index is 892. The van der Waals surface area contributed by atoms with Gasteiger partial charge in [-0.1, -0.05) is 43.0 Å². The predicted molar refractivity (Wildman–Crippen MR) is 106 cm³/mol. The molecule has 30 heavy (non-hydrogen) atoms. The normalized spacial score (nSPS) is 15.5. The first-order valence-electron chi connectivity index (χ1n) is 9.63. The van der Waals surface area contributed by atoms with E-state index in [1.807, 2.05) is 0 Å².